The molecule has 0 heterocycles. The fraction of sp³-hybridized carbons (Fsp3) is 0.500. The van der Waals surface area contributed by atoms with Crippen molar-refractivity contribution in [3.63, 3.8) is 0 Å². The van der Waals surface area contributed by atoms with Crippen LogP contribution in [0.25, 0.3) is 0 Å². The highest BCUT2D eigenvalue weighted by Gasteiger charge is 2.06. The van der Waals surface area contributed by atoms with E-state index in [0.717, 1.165) is 24.0 Å². The predicted molar refractivity (Wildman–Crippen MR) is 72.8 cm³/mol. The summed E-state index contributed by atoms with van der Waals surface area (Å²) in [4.78, 5) is 10.6. The van der Waals surface area contributed by atoms with Crippen molar-refractivity contribution >= 4 is 12.0 Å². The van der Waals surface area contributed by atoms with Gasteiger partial charge in [0.1, 0.15) is 6.29 Å². The zero-order chi connectivity index (χ0) is 13.3. The predicted octanol–water partition coefficient (Wildman–Crippen LogP) is 2.86. The van der Waals surface area contributed by atoms with Crippen LogP contribution >= 0.6 is 0 Å². The van der Waals surface area contributed by atoms with Crippen molar-refractivity contribution in [2.75, 3.05) is 26.6 Å². The molecule has 1 aromatic carbocycles. The van der Waals surface area contributed by atoms with E-state index in [-0.39, 0.29) is 5.92 Å². The molecule has 0 saturated heterocycles. The maximum atomic E-state index is 10.6. The third kappa shape index (κ3) is 5.00. The second kappa shape index (κ2) is 8.76. The SMILES string of the molecule is CCc1cc(C(C)C=O)ccc1NC.COC. The molecule has 17 heavy (non-hydrogen) atoms. The third-order valence-corrected chi connectivity index (χ3v) is 2.51. The highest BCUT2D eigenvalue weighted by molar-refractivity contribution is 5.63. The van der Waals surface area contributed by atoms with Crippen molar-refractivity contribution in [3.8, 4) is 0 Å². The Balaban J connectivity index is 0.000000770. The number of carbonyl (C=O) groups excluding carboxylic acids is 1. The number of benzene rings is 1. The van der Waals surface area contributed by atoms with Crippen LogP contribution in [0.3, 0.4) is 0 Å². The molecule has 1 aromatic rings. The Labute approximate surface area is 104 Å². The summed E-state index contributed by atoms with van der Waals surface area (Å²) >= 11 is 0. The minimum atomic E-state index is -0.00814. The molecule has 0 radical (unpaired) electrons. The number of aryl methyl sites for hydroxylation is 1. The molecule has 0 bridgehead atoms. The van der Waals surface area contributed by atoms with Crippen molar-refractivity contribution in [1.29, 1.82) is 0 Å². The summed E-state index contributed by atoms with van der Waals surface area (Å²) in [7, 11) is 5.16. The van der Waals surface area contributed by atoms with E-state index in [1.165, 1.54) is 5.56 Å². The Hall–Kier alpha value is -1.35. The van der Waals surface area contributed by atoms with E-state index >= 15 is 0 Å². The maximum Gasteiger partial charge on any atom is 0.127 e. The van der Waals surface area contributed by atoms with Crippen LogP contribution in [-0.2, 0) is 16.0 Å². The molecule has 0 aliphatic heterocycles. The summed E-state index contributed by atoms with van der Waals surface area (Å²) in [5.41, 5.74) is 3.50. The number of rotatable bonds is 4. The van der Waals surface area contributed by atoms with Crippen LogP contribution in [0.4, 0.5) is 5.69 Å². The number of nitrogens with one attached hydrogen (secondary N) is 1. The van der Waals surface area contributed by atoms with Crippen LogP contribution in [0, 0.1) is 0 Å². The van der Waals surface area contributed by atoms with E-state index in [1.54, 1.807) is 14.2 Å². The van der Waals surface area contributed by atoms with E-state index < -0.39 is 0 Å². The van der Waals surface area contributed by atoms with Crippen LogP contribution in [0.2, 0.25) is 0 Å². The van der Waals surface area contributed by atoms with Crippen molar-refractivity contribution in [1.82, 2.24) is 0 Å². The van der Waals surface area contributed by atoms with Gasteiger partial charge in [0.05, 0.1) is 0 Å². The van der Waals surface area contributed by atoms with Gasteiger partial charge in [0.2, 0.25) is 0 Å². The fourth-order valence-electron chi connectivity index (χ4n) is 1.51. The standard InChI is InChI=1S/C12H17NO.C2H6O/c1-4-10-7-11(9(2)8-14)5-6-12(10)13-3;1-3-2/h5-9,13H,4H2,1-3H3;1-2H3. The summed E-state index contributed by atoms with van der Waals surface area (Å²) in [6.07, 6.45) is 1.96. The Kier molecular flexibility index (Phi) is 8.07. The number of hydrogen-bond acceptors (Lipinski definition) is 3. The molecule has 0 amide bonds. The van der Waals surface area contributed by atoms with Crippen LogP contribution in [-0.4, -0.2) is 27.6 Å². The Morgan fingerprint density at radius 2 is 2.00 bits per heavy atom. The van der Waals surface area contributed by atoms with Crippen molar-refractivity contribution < 1.29 is 9.53 Å². The van der Waals surface area contributed by atoms with Crippen molar-refractivity contribution in [2.45, 2.75) is 26.2 Å². The lowest BCUT2D eigenvalue weighted by atomic mass is 9.98. The fourth-order valence-corrected chi connectivity index (χ4v) is 1.51. The van der Waals surface area contributed by atoms with E-state index in [0.29, 0.717) is 0 Å². The highest BCUT2D eigenvalue weighted by Crippen LogP contribution is 2.21. The van der Waals surface area contributed by atoms with Crippen LogP contribution in [0.5, 0.6) is 0 Å². The first-order valence-corrected chi connectivity index (χ1v) is 5.80. The quantitative estimate of drug-likeness (QED) is 0.818. The number of ether oxygens (including phenoxy) is 1. The van der Waals surface area contributed by atoms with Gasteiger partial charge in [-0.1, -0.05) is 26.0 Å². The van der Waals surface area contributed by atoms with Gasteiger partial charge in [0.25, 0.3) is 0 Å². The largest absolute Gasteiger partial charge is 0.388 e. The number of anilines is 1. The molecule has 1 unspecified atom stereocenters. The topological polar surface area (TPSA) is 38.3 Å². The van der Waals surface area contributed by atoms with Gasteiger partial charge < -0.3 is 14.8 Å². The Morgan fingerprint density at radius 1 is 1.41 bits per heavy atom. The lowest BCUT2D eigenvalue weighted by molar-refractivity contribution is -0.108. The van der Waals surface area contributed by atoms with E-state index in [9.17, 15) is 4.79 Å². The van der Waals surface area contributed by atoms with E-state index in [2.05, 4.69) is 23.0 Å². The smallest absolute Gasteiger partial charge is 0.127 e. The van der Waals surface area contributed by atoms with Crippen LogP contribution in [0.1, 0.15) is 30.9 Å². The summed E-state index contributed by atoms with van der Waals surface area (Å²) in [5, 5.41) is 3.14. The molecule has 3 heteroatoms. The molecule has 0 spiro atoms. The van der Waals surface area contributed by atoms with Gasteiger partial charge in [-0.15, -0.1) is 0 Å². The average Bonchev–Trinajstić information content (AvgIpc) is 2.37. The Bertz CT molecular complexity index is 337. The molecule has 0 aromatic heterocycles. The molecular weight excluding hydrogens is 214 g/mol. The minimum absolute atomic E-state index is 0.00814. The van der Waals surface area contributed by atoms with Crippen LogP contribution in [0.15, 0.2) is 18.2 Å². The molecule has 0 fully saturated rings. The second-order valence-electron chi connectivity index (χ2n) is 3.85. The van der Waals surface area contributed by atoms with Crippen molar-refractivity contribution in [2.24, 2.45) is 0 Å². The molecule has 1 N–H and O–H groups in total. The molecule has 0 aliphatic carbocycles. The number of hydrogen-bond donors (Lipinski definition) is 1. The Morgan fingerprint density at radius 3 is 2.41 bits per heavy atom. The number of aldehydes is 1. The number of carbonyl (C=O) groups is 1. The van der Waals surface area contributed by atoms with Gasteiger partial charge >= 0.3 is 0 Å². The summed E-state index contributed by atoms with van der Waals surface area (Å²) < 4.78 is 4.25. The van der Waals surface area contributed by atoms with Gasteiger partial charge in [-0.3, -0.25) is 0 Å². The van der Waals surface area contributed by atoms with Gasteiger partial charge in [0.15, 0.2) is 0 Å². The first kappa shape index (κ1) is 15.7. The number of methoxy groups -OCH3 is 1. The summed E-state index contributed by atoms with van der Waals surface area (Å²) in [5.74, 6) is -0.00814. The van der Waals surface area contributed by atoms with Gasteiger partial charge in [-0.05, 0) is 23.6 Å². The zero-order valence-electron chi connectivity index (χ0n) is 11.4. The average molecular weight is 237 g/mol. The second-order valence-corrected chi connectivity index (χ2v) is 3.85. The van der Waals surface area contributed by atoms with Gasteiger partial charge in [-0.25, -0.2) is 0 Å². The molecule has 1 rings (SSSR count). The van der Waals surface area contributed by atoms with Crippen molar-refractivity contribution in [3.05, 3.63) is 29.3 Å². The molecular formula is C14H23NO2. The summed E-state index contributed by atoms with van der Waals surface area (Å²) in [6, 6.07) is 6.14. The minimum Gasteiger partial charge on any atom is -0.388 e. The maximum absolute atomic E-state index is 10.6. The normalized spacial score (nSPS) is 11.1. The summed E-state index contributed by atoms with van der Waals surface area (Å²) in [6.45, 7) is 4.03. The molecule has 0 saturated carbocycles. The first-order valence-electron chi connectivity index (χ1n) is 5.80. The molecule has 1 atom stereocenters. The lowest BCUT2D eigenvalue weighted by Gasteiger charge is -2.11. The van der Waals surface area contributed by atoms with Gasteiger partial charge in [-0.2, -0.15) is 0 Å². The molecule has 0 aliphatic rings. The van der Waals surface area contributed by atoms with E-state index in [1.807, 2.05) is 26.1 Å². The van der Waals surface area contributed by atoms with Gasteiger partial charge in [0, 0.05) is 32.9 Å². The van der Waals surface area contributed by atoms with E-state index in [4.69, 9.17) is 0 Å². The third-order valence-electron chi connectivity index (χ3n) is 2.51. The monoisotopic (exact) mass is 237 g/mol. The first-order chi connectivity index (χ1) is 8.14. The molecule has 3 nitrogen and oxygen atoms in total. The zero-order valence-corrected chi connectivity index (χ0v) is 11.4. The highest BCUT2D eigenvalue weighted by atomic mass is 16.4. The lowest BCUT2D eigenvalue weighted by Crippen LogP contribution is -1.99. The van der Waals surface area contributed by atoms with Crippen LogP contribution < -0.4 is 5.32 Å². The molecule has 96 valence electrons.